The molecule has 0 aliphatic rings. The van der Waals surface area contributed by atoms with Crippen molar-refractivity contribution in [1.82, 2.24) is 0 Å². The van der Waals surface area contributed by atoms with E-state index in [1.165, 1.54) is 0 Å². The van der Waals surface area contributed by atoms with E-state index >= 15 is 0 Å². The molecule has 0 heterocycles. The van der Waals surface area contributed by atoms with E-state index in [9.17, 15) is 5.11 Å². The Morgan fingerprint density at radius 2 is 2.11 bits per heavy atom. The lowest BCUT2D eigenvalue weighted by molar-refractivity contribution is -0.0215. The number of benzene rings is 1. The third kappa shape index (κ3) is 4.95. The van der Waals surface area contributed by atoms with Crippen molar-refractivity contribution >= 4 is 0 Å². The molecule has 106 valence electrons. The average molecular weight is 264 g/mol. The molecular weight excluding hydrogens is 240 g/mol. The summed E-state index contributed by atoms with van der Waals surface area (Å²) in [5.41, 5.74) is 2.01. The molecule has 0 aliphatic carbocycles. The van der Waals surface area contributed by atoms with Gasteiger partial charge < -0.3 is 14.6 Å². The fourth-order valence-electron chi connectivity index (χ4n) is 1.70. The van der Waals surface area contributed by atoms with E-state index in [2.05, 4.69) is 13.5 Å². The lowest BCUT2D eigenvalue weighted by Crippen LogP contribution is -2.16. The third-order valence-corrected chi connectivity index (χ3v) is 2.66. The van der Waals surface area contributed by atoms with Crippen LogP contribution in [0.5, 0.6) is 11.5 Å². The minimum absolute atomic E-state index is 0.453. The molecule has 1 aromatic carbocycles. The molecule has 1 N–H and O–H groups in total. The van der Waals surface area contributed by atoms with Gasteiger partial charge in [0.2, 0.25) is 0 Å². The Kier molecular flexibility index (Phi) is 6.43. The van der Waals surface area contributed by atoms with Crippen LogP contribution in [0, 0.1) is 0 Å². The fraction of sp³-hybridized carbons (Fsp3) is 0.500. The molecule has 1 atom stereocenters. The van der Waals surface area contributed by atoms with Gasteiger partial charge in [0.05, 0.1) is 0 Å². The second-order valence-electron chi connectivity index (χ2n) is 4.72. The van der Waals surface area contributed by atoms with Crippen LogP contribution in [0.4, 0.5) is 0 Å². The molecule has 3 nitrogen and oxygen atoms in total. The summed E-state index contributed by atoms with van der Waals surface area (Å²) in [6.07, 6.45) is 1.66. The van der Waals surface area contributed by atoms with Crippen molar-refractivity contribution in [2.45, 2.75) is 46.3 Å². The van der Waals surface area contributed by atoms with Crippen LogP contribution in [-0.4, -0.2) is 18.0 Å². The molecule has 0 aliphatic heterocycles. The number of para-hydroxylation sites is 1. The van der Waals surface area contributed by atoms with Crippen LogP contribution in [0.15, 0.2) is 30.4 Å². The first-order valence-corrected chi connectivity index (χ1v) is 6.82. The van der Waals surface area contributed by atoms with Crippen molar-refractivity contribution in [1.29, 1.82) is 0 Å². The van der Waals surface area contributed by atoms with Gasteiger partial charge in [-0.05, 0) is 30.5 Å². The second kappa shape index (κ2) is 7.85. The van der Waals surface area contributed by atoms with Gasteiger partial charge >= 0.3 is 0 Å². The summed E-state index contributed by atoms with van der Waals surface area (Å²) in [5.74, 6) is 1.32. The van der Waals surface area contributed by atoms with Gasteiger partial charge in [0.25, 0.3) is 0 Å². The van der Waals surface area contributed by atoms with Crippen LogP contribution < -0.4 is 9.47 Å². The maximum atomic E-state index is 9.71. The average Bonchev–Trinajstić information content (AvgIpc) is 2.39. The Hall–Kier alpha value is -1.48. The van der Waals surface area contributed by atoms with Gasteiger partial charge in [0.15, 0.2) is 17.8 Å². The Bertz CT molecular complexity index is 412. The van der Waals surface area contributed by atoms with Crippen LogP contribution >= 0.6 is 0 Å². The van der Waals surface area contributed by atoms with Crippen molar-refractivity contribution in [3.8, 4) is 11.5 Å². The number of aliphatic hydroxyl groups is 1. The largest absolute Gasteiger partial charge is 0.485 e. The topological polar surface area (TPSA) is 38.7 Å². The quantitative estimate of drug-likeness (QED) is 0.574. The number of aliphatic hydroxyl groups excluding tert-OH is 1. The number of hydrogen-bond donors (Lipinski definition) is 1. The maximum Gasteiger partial charge on any atom is 0.197 e. The van der Waals surface area contributed by atoms with Crippen LogP contribution in [0.1, 0.15) is 39.2 Å². The Balaban J connectivity index is 2.98. The zero-order valence-electron chi connectivity index (χ0n) is 12.1. The molecule has 0 amide bonds. The van der Waals surface area contributed by atoms with Crippen LogP contribution in [0.25, 0.3) is 0 Å². The zero-order valence-corrected chi connectivity index (χ0v) is 12.1. The standard InChI is InChI=1S/C16H24O3/c1-5-8-13-9-7-10-14(18-11-12(3)4)16(13)19-15(17)6-2/h7,9-10,15,17H,3,5-6,8,11H2,1-2,4H3. The molecule has 1 unspecified atom stereocenters. The Morgan fingerprint density at radius 1 is 1.37 bits per heavy atom. The molecular formula is C16H24O3. The molecule has 1 aromatic rings. The van der Waals surface area contributed by atoms with E-state index in [-0.39, 0.29) is 0 Å². The van der Waals surface area contributed by atoms with Crippen molar-refractivity contribution in [2.75, 3.05) is 6.61 Å². The third-order valence-electron chi connectivity index (χ3n) is 2.66. The second-order valence-corrected chi connectivity index (χ2v) is 4.72. The predicted octanol–water partition coefficient (Wildman–Crippen LogP) is 3.70. The summed E-state index contributed by atoms with van der Waals surface area (Å²) in [6.45, 7) is 10.2. The molecule has 0 bridgehead atoms. The van der Waals surface area contributed by atoms with Gasteiger partial charge in [-0.3, -0.25) is 0 Å². The summed E-state index contributed by atoms with van der Waals surface area (Å²) in [5, 5.41) is 9.71. The van der Waals surface area contributed by atoms with Crippen LogP contribution in [0.2, 0.25) is 0 Å². The molecule has 3 heteroatoms. The number of ether oxygens (including phenoxy) is 2. The lowest BCUT2D eigenvalue weighted by Gasteiger charge is -2.19. The van der Waals surface area contributed by atoms with E-state index < -0.39 is 6.29 Å². The minimum Gasteiger partial charge on any atom is -0.485 e. The normalized spacial score (nSPS) is 12.0. The molecule has 0 fully saturated rings. The highest BCUT2D eigenvalue weighted by atomic mass is 16.6. The summed E-state index contributed by atoms with van der Waals surface area (Å²) in [4.78, 5) is 0. The van der Waals surface area contributed by atoms with Gasteiger partial charge in [0, 0.05) is 6.42 Å². The van der Waals surface area contributed by atoms with Crippen LogP contribution in [0.3, 0.4) is 0 Å². The van der Waals surface area contributed by atoms with E-state index in [0.29, 0.717) is 24.5 Å². The molecule has 0 spiro atoms. The lowest BCUT2D eigenvalue weighted by atomic mass is 10.1. The molecule has 0 saturated heterocycles. The van der Waals surface area contributed by atoms with Gasteiger partial charge in [-0.1, -0.05) is 39.0 Å². The first-order valence-electron chi connectivity index (χ1n) is 6.82. The number of aryl methyl sites for hydroxylation is 1. The number of hydrogen-bond acceptors (Lipinski definition) is 3. The van der Waals surface area contributed by atoms with Crippen molar-refractivity contribution in [3.05, 3.63) is 35.9 Å². The van der Waals surface area contributed by atoms with Gasteiger partial charge in [0.1, 0.15) is 6.61 Å². The Morgan fingerprint density at radius 3 is 2.68 bits per heavy atom. The summed E-state index contributed by atoms with van der Waals surface area (Å²) < 4.78 is 11.3. The van der Waals surface area contributed by atoms with Gasteiger partial charge in [-0.15, -0.1) is 0 Å². The first kappa shape index (κ1) is 15.6. The SMILES string of the molecule is C=C(C)COc1cccc(CCC)c1OC(O)CC. The predicted molar refractivity (Wildman–Crippen MR) is 77.7 cm³/mol. The summed E-state index contributed by atoms with van der Waals surface area (Å²) in [6, 6.07) is 5.82. The van der Waals surface area contributed by atoms with E-state index in [1.54, 1.807) is 0 Å². The summed E-state index contributed by atoms with van der Waals surface area (Å²) >= 11 is 0. The van der Waals surface area contributed by atoms with Crippen LogP contribution in [-0.2, 0) is 6.42 Å². The minimum atomic E-state index is -0.801. The van der Waals surface area contributed by atoms with E-state index in [1.807, 2.05) is 32.0 Å². The molecule has 19 heavy (non-hydrogen) atoms. The smallest absolute Gasteiger partial charge is 0.197 e. The van der Waals surface area contributed by atoms with Crippen molar-refractivity contribution in [2.24, 2.45) is 0 Å². The highest BCUT2D eigenvalue weighted by Crippen LogP contribution is 2.33. The van der Waals surface area contributed by atoms with Crippen molar-refractivity contribution < 1.29 is 14.6 Å². The fourth-order valence-corrected chi connectivity index (χ4v) is 1.70. The van der Waals surface area contributed by atoms with Gasteiger partial charge in [-0.25, -0.2) is 0 Å². The highest BCUT2D eigenvalue weighted by molar-refractivity contribution is 5.47. The molecule has 0 saturated carbocycles. The number of rotatable bonds is 8. The summed E-state index contributed by atoms with van der Waals surface area (Å²) in [7, 11) is 0. The molecule has 1 rings (SSSR count). The van der Waals surface area contributed by atoms with Crippen molar-refractivity contribution in [3.63, 3.8) is 0 Å². The monoisotopic (exact) mass is 264 g/mol. The zero-order chi connectivity index (χ0) is 14.3. The molecule has 0 radical (unpaired) electrons. The van der Waals surface area contributed by atoms with E-state index in [4.69, 9.17) is 9.47 Å². The first-order chi connectivity index (χ1) is 9.08. The Labute approximate surface area is 115 Å². The molecule has 0 aromatic heterocycles. The van der Waals surface area contributed by atoms with E-state index in [0.717, 1.165) is 24.0 Å². The van der Waals surface area contributed by atoms with Gasteiger partial charge in [-0.2, -0.15) is 0 Å². The highest BCUT2D eigenvalue weighted by Gasteiger charge is 2.14. The maximum absolute atomic E-state index is 9.71.